The van der Waals surface area contributed by atoms with Gasteiger partial charge < -0.3 is 10.1 Å². The second-order valence-electron chi connectivity index (χ2n) is 8.50. The van der Waals surface area contributed by atoms with Gasteiger partial charge in [-0.25, -0.2) is 9.37 Å². The first-order valence-electron chi connectivity index (χ1n) is 10.8. The van der Waals surface area contributed by atoms with Gasteiger partial charge in [0, 0.05) is 51.6 Å². The number of aromatic nitrogens is 4. The average molecular weight is 491 g/mol. The molecule has 1 aliphatic carbocycles. The molecule has 4 aromatic rings. The molecule has 0 bridgehead atoms. The molecule has 172 valence electrons. The van der Waals surface area contributed by atoms with Crippen LogP contribution in [0.25, 0.3) is 22.2 Å². The maximum absolute atomic E-state index is 14.3. The van der Waals surface area contributed by atoms with Crippen LogP contribution in [-0.4, -0.2) is 37.6 Å². The van der Waals surface area contributed by atoms with Crippen LogP contribution in [0.3, 0.4) is 0 Å². The maximum atomic E-state index is 14.3. The summed E-state index contributed by atoms with van der Waals surface area (Å²) in [5.41, 5.74) is 3.13. The van der Waals surface area contributed by atoms with E-state index in [1.165, 1.54) is 12.1 Å². The Hall–Kier alpha value is -2.48. The van der Waals surface area contributed by atoms with Crippen molar-refractivity contribution in [2.45, 2.75) is 43.7 Å². The SMILES string of the molecule is OC1CCC(n2cc(-c3cnc4[nH]cc([C@@H](CF)c5c(Cl)ccc(F)c5Cl)c4c3)cn2)CC1. The fourth-order valence-electron chi connectivity index (χ4n) is 4.66. The van der Waals surface area contributed by atoms with Gasteiger partial charge in [-0.05, 0) is 49.4 Å². The topological polar surface area (TPSA) is 66.7 Å². The van der Waals surface area contributed by atoms with Crippen LogP contribution in [0.4, 0.5) is 8.78 Å². The Bertz CT molecular complexity index is 1300. The predicted octanol–water partition coefficient (Wildman–Crippen LogP) is 6.45. The van der Waals surface area contributed by atoms with Crippen LogP contribution in [0, 0.1) is 5.82 Å². The van der Waals surface area contributed by atoms with Crippen molar-refractivity contribution in [3.05, 3.63) is 70.0 Å². The highest BCUT2D eigenvalue weighted by molar-refractivity contribution is 6.36. The molecule has 0 saturated heterocycles. The number of alkyl halides is 1. The molecule has 0 spiro atoms. The second kappa shape index (κ2) is 9.05. The maximum Gasteiger partial charge on any atom is 0.142 e. The number of hydrogen-bond acceptors (Lipinski definition) is 3. The Morgan fingerprint density at radius 2 is 1.94 bits per heavy atom. The minimum absolute atomic E-state index is 0.178. The first kappa shape index (κ1) is 22.3. The number of H-pyrrole nitrogens is 1. The summed E-state index contributed by atoms with van der Waals surface area (Å²) in [4.78, 5) is 7.56. The molecule has 1 aromatic carbocycles. The summed E-state index contributed by atoms with van der Waals surface area (Å²) >= 11 is 12.5. The monoisotopic (exact) mass is 490 g/mol. The van der Waals surface area contributed by atoms with Gasteiger partial charge in [0.15, 0.2) is 0 Å². The Kier molecular flexibility index (Phi) is 6.12. The highest BCUT2D eigenvalue weighted by Gasteiger charge is 2.26. The van der Waals surface area contributed by atoms with E-state index >= 15 is 0 Å². The van der Waals surface area contributed by atoms with Crippen molar-refractivity contribution >= 4 is 34.2 Å². The molecule has 2 N–H and O–H groups in total. The lowest BCUT2D eigenvalue weighted by molar-refractivity contribution is 0.108. The highest BCUT2D eigenvalue weighted by atomic mass is 35.5. The number of nitrogens with zero attached hydrogens (tertiary/aromatic N) is 3. The minimum atomic E-state index is -0.845. The van der Waals surface area contributed by atoms with Crippen molar-refractivity contribution < 1.29 is 13.9 Å². The van der Waals surface area contributed by atoms with Crippen molar-refractivity contribution in [2.75, 3.05) is 6.67 Å². The molecule has 3 aromatic heterocycles. The standard InChI is InChI=1S/C24H22Cl2F2N4O/c25-20-5-6-21(28)23(26)22(20)18(8-27)19-11-30-24-17(19)7-13(9-29-24)14-10-31-32(12-14)15-1-3-16(33)4-2-15/h5-7,9-12,15-16,18,33H,1-4,8H2,(H,29,30)/t15?,16?,18-/m1/s1. The van der Waals surface area contributed by atoms with Gasteiger partial charge in [-0.15, -0.1) is 0 Å². The molecular weight excluding hydrogens is 469 g/mol. The van der Waals surface area contributed by atoms with Crippen LogP contribution >= 0.6 is 23.2 Å². The minimum Gasteiger partial charge on any atom is -0.393 e. The molecule has 0 amide bonds. The summed E-state index contributed by atoms with van der Waals surface area (Å²) in [7, 11) is 0. The molecule has 0 radical (unpaired) electrons. The van der Waals surface area contributed by atoms with E-state index in [-0.39, 0.29) is 27.8 Å². The molecule has 1 saturated carbocycles. The molecule has 0 unspecified atom stereocenters. The number of fused-ring (bicyclic) bond motifs is 1. The number of pyridine rings is 1. The molecule has 1 aliphatic rings. The molecule has 1 atom stereocenters. The zero-order valence-electron chi connectivity index (χ0n) is 17.6. The molecule has 3 heterocycles. The zero-order valence-corrected chi connectivity index (χ0v) is 19.1. The van der Waals surface area contributed by atoms with Crippen LogP contribution in [0.15, 0.2) is 43.0 Å². The highest BCUT2D eigenvalue weighted by Crippen LogP contribution is 2.40. The number of aromatic amines is 1. The quantitative estimate of drug-likeness (QED) is 0.316. The van der Waals surface area contributed by atoms with Gasteiger partial charge in [-0.2, -0.15) is 5.10 Å². The smallest absolute Gasteiger partial charge is 0.142 e. The van der Waals surface area contributed by atoms with E-state index in [1.54, 1.807) is 18.6 Å². The summed E-state index contributed by atoms with van der Waals surface area (Å²) in [6, 6.07) is 4.74. The molecule has 0 aliphatic heterocycles. The third-order valence-corrected chi connectivity index (χ3v) is 7.21. The summed E-state index contributed by atoms with van der Waals surface area (Å²) < 4.78 is 30.3. The van der Waals surface area contributed by atoms with Gasteiger partial charge in [0.25, 0.3) is 0 Å². The van der Waals surface area contributed by atoms with Crippen molar-refractivity contribution in [1.29, 1.82) is 0 Å². The summed E-state index contributed by atoms with van der Waals surface area (Å²) in [6.45, 7) is -0.800. The number of hydrogen-bond donors (Lipinski definition) is 2. The Morgan fingerprint density at radius 3 is 2.70 bits per heavy atom. The first-order valence-corrected chi connectivity index (χ1v) is 11.6. The number of benzene rings is 1. The lowest BCUT2D eigenvalue weighted by Crippen LogP contribution is -2.21. The Balaban J connectivity index is 1.52. The lowest BCUT2D eigenvalue weighted by atomic mass is 9.91. The molecular formula is C24H22Cl2F2N4O. The largest absolute Gasteiger partial charge is 0.393 e. The van der Waals surface area contributed by atoms with Crippen LogP contribution in [0.1, 0.15) is 48.8 Å². The van der Waals surface area contributed by atoms with Gasteiger partial charge in [-0.3, -0.25) is 9.07 Å². The average Bonchev–Trinajstić information content (AvgIpc) is 3.47. The van der Waals surface area contributed by atoms with E-state index in [4.69, 9.17) is 23.2 Å². The Morgan fingerprint density at radius 1 is 1.15 bits per heavy atom. The Labute approximate surface area is 199 Å². The van der Waals surface area contributed by atoms with E-state index in [2.05, 4.69) is 15.1 Å². The fourth-order valence-corrected chi connectivity index (χ4v) is 5.29. The van der Waals surface area contributed by atoms with Gasteiger partial charge in [0.2, 0.25) is 0 Å². The molecule has 9 heteroatoms. The summed E-state index contributed by atoms with van der Waals surface area (Å²) in [6.07, 6.45) is 10.3. The van der Waals surface area contributed by atoms with Crippen LogP contribution < -0.4 is 0 Å². The van der Waals surface area contributed by atoms with Gasteiger partial charge >= 0.3 is 0 Å². The van der Waals surface area contributed by atoms with Crippen LogP contribution in [0.2, 0.25) is 10.0 Å². The number of nitrogens with one attached hydrogen (secondary N) is 1. The van der Waals surface area contributed by atoms with E-state index in [0.717, 1.165) is 36.8 Å². The molecule has 5 nitrogen and oxygen atoms in total. The second-order valence-corrected chi connectivity index (χ2v) is 9.28. The number of aliphatic hydroxyl groups is 1. The van der Waals surface area contributed by atoms with Gasteiger partial charge in [0.05, 0.1) is 23.4 Å². The van der Waals surface area contributed by atoms with E-state index in [9.17, 15) is 13.9 Å². The summed E-state index contributed by atoms with van der Waals surface area (Å²) in [5.74, 6) is -1.49. The summed E-state index contributed by atoms with van der Waals surface area (Å²) in [5, 5.41) is 15.0. The zero-order chi connectivity index (χ0) is 23.1. The van der Waals surface area contributed by atoms with Crippen molar-refractivity contribution in [3.8, 4) is 11.1 Å². The van der Waals surface area contributed by atoms with Crippen molar-refractivity contribution in [1.82, 2.24) is 19.7 Å². The van der Waals surface area contributed by atoms with Crippen LogP contribution in [-0.2, 0) is 0 Å². The normalized spacial score (nSPS) is 19.8. The van der Waals surface area contributed by atoms with Gasteiger partial charge in [-0.1, -0.05) is 23.2 Å². The number of aliphatic hydroxyl groups excluding tert-OH is 1. The lowest BCUT2D eigenvalue weighted by Gasteiger charge is -2.25. The number of halogens is 4. The van der Waals surface area contributed by atoms with E-state index in [0.29, 0.717) is 16.6 Å². The van der Waals surface area contributed by atoms with Crippen molar-refractivity contribution in [3.63, 3.8) is 0 Å². The van der Waals surface area contributed by atoms with Crippen LogP contribution in [0.5, 0.6) is 0 Å². The fraction of sp³-hybridized carbons (Fsp3) is 0.333. The molecule has 5 rings (SSSR count). The van der Waals surface area contributed by atoms with E-state index < -0.39 is 18.4 Å². The third kappa shape index (κ3) is 4.14. The molecule has 33 heavy (non-hydrogen) atoms. The first-order chi connectivity index (χ1) is 16.0. The molecule has 1 fully saturated rings. The van der Waals surface area contributed by atoms with E-state index in [1.807, 2.05) is 16.9 Å². The van der Waals surface area contributed by atoms with Crippen molar-refractivity contribution in [2.24, 2.45) is 0 Å². The van der Waals surface area contributed by atoms with Gasteiger partial charge in [0.1, 0.15) is 18.1 Å². The predicted molar refractivity (Wildman–Crippen MR) is 125 cm³/mol. The number of rotatable bonds is 5. The third-order valence-electron chi connectivity index (χ3n) is 6.50.